The van der Waals surface area contributed by atoms with Gasteiger partial charge in [-0.15, -0.1) is 0 Å². The summed E-state index contributed by atoms with van der Waals surface area (Å²) in [6, 6.07) is 6.85. The summed E-state index contributed by atoms with van der Waals surface area (Å²) in [6.45, 7) is 1.66. The second-order valence-electron chi connectivity index (χ2n) is 4.50. The highest BCUT2D eigenvalue weighted by Crippen LogP contribution is 2.29. The van der Waals surface area contributed by atoms with Crippen molar-refractivity contribution in [2.24, 2.45) is 0 Å². The van der Waals surface area contributed by atoms with Crippen molar-refractivity contribution in [3.8, 4) is 5.75 Å². The van der Waals surface area contributed by atoms with Crippen LogP contribution < -0.4 is 10.1 Å². The summed E-state index contributed by atoms with van der Waals surface area (Å²) in [4.78, 5) is 0.319. The standard InChI is InChI=1S/C13H19NO3S/c1-17-12-6-2-3-7-13(12)18(15,16)11-5-4-9-14-10-8-11/h2-3,6-7,11,14H,4-5,8-10H2,1H3. The molecule has 1 N–H and O–H groups in total. The molecule has 0 spiro atoms. The van der Waals surface area contributed by atoms with Gasteiger partial charge >= 0.3 is 0 Å². The molecule has 1 aromatic rings. The summed E-state index contributed by atoms with van der Waals surface area (Å²) in [5, 5.41) is 2.93. The smallest absolute Gasteiger partial charge is 0.184 e. The van der Waals surface area contributed by atoms with E-state index in [1.165, 1.54) is 7.11 Å². The van der Waals surface area contributed by atoms with Gasteiger partial charge in [0.05, 0.1) is 12.4 Å². The maximum absolute atomic E-state index is 12.6. The number of ether oxygens (including phenoxy) is 1. The van der Waals surface area contributed by atoms with Crippen LogP contribution in [0, 0.1) is 0 Å². The first-order valence-corrected chi connectivity index (χ1v) is 7.78. The zero-order chi connectivity index (χ0) is 13.0. The van der Waals surface area contributed by atoms with Gasteiger partial charge in [-0.25, -0.2) is 8.42 Å². The number of benzene rings is 1. The molecule has 1 aliphatic heterocycles. The molecule has 1 unspecified atom stereocenters. The van der Waals surface area contributed by atoms with Crippen LogP contribution in [0.3, 0.4) is 0 Å². The van der Waals surface area contributed by atoms with E-state index in [0.717, 1.165) is 19.5 Å². The Morgan fingerprint density at radius 3 is 2.78 bits per heavy atom. The van der Waals surface area contributed by atoms with E-state index in [1.54, 1.807) is 24.3 Å². The molecular formula is C13H19NO3S. The van der Waals surface area contributed by atoms with Crippen molar-refractivity contribution in [2.75, 3.05) is 20.2 Å². The van der Waals surface area contributed by atoms with E-state index in [1.807, 2.05) is 0 Å². The lowest BCUT2D eigenvalue weighted by molar-refractivity contribution is 0.402. The number of hydrogen-bond donors (Lipinski definition) is 1. The summed E-state index contributed by atoms with van der Waals surface area (Å²) in [7, 11) is -1.79. The summed E-state index contributed by atoms with van der Waals surface area (Å²) in [5.74, 6) is 0.440. The van der Waals surface area contributed by atoms with Gasteiger partial charge in [0.1, 0.15) is 10.6 Å². The van der Waals surface area contributed by atoms with Gasteiger partial charge in [-0.05, 0) is 44.5 Å². The number of hydrogen-bond acceptors (Lipinski definition) is 4. The minimum Gasteiger partial charge on any atom is -0.495 e. The average Bonchev–Trinajstić information content (AvgIpc) is 2.68. The Balaban J connectivity index is 2.34. The van der Waals surface area contributed by atoms with Crippen LogP contribution in [0.4, 0.5) is 0 Å². The Labute approximate surface area is 108 Å². The van der Waals surface area contributed by atoms with Crippen molar-refractivity contribution in [3.05, 3.63) is 24.3 Å². The molecule has 0 aromatic heterocycles. The van der Waals surface area contributed by atoms with Gasteiger partial charge in [-0.2, -0.15) is 0 Å². The van der Waals surface area contributed by atoms with Gasteiger partial charge in [0, 0.05) is 0 Å². The third kappa shape index (κ3) is 2.67. The normalized spacial score (nSPS) is 21.3. The van der Waals surface area contributed by atoms with Crippen LogP contribution in [0.5, 0.6) is 5.75 Å². The quantitative estimate of drug-likeness (QED) is 0.906. The van der Waals surface area contributed by atoms with Gasteiger partial charge in [-0.3, -0.25) is 0 Å². The van der Waals surface area contributed by atoms with E-state index in [9.17, 15) is 8.42 Å². The molecule has 0 saturated carbocycles. The molecule has 18 heavy (non-hydrogen) atoms. The molecule has 5 heteroatoms. The lowest BCUT2D eigenvalue weighted by Crippen LogP contribution is -2.23. The third-order valence-corrected chi connectivity index (χ3v) is 5.64. The van der Waals surface area contributed by atoms with E-state index < -0.39 is 9.84 Å². The minimum absolute atomic E-state index is 0.302. The van der Waals surface area contributed by atoms with Gasteiger partial charge in [0.2, 0.25) is 0 Å². The predicted molar refractivity (Wildman–Crippen MR) is 70.7 cm³/mol. The first-order chi connectivity index (χ1) is 8.66. The monoisotopic (exact) mass is 269 g/mol. The lowest BCUT2D eigenvalue weighted by Gasteiger charge is -2.16. The maximum atomic E-state index is 12.6. The van der Waals surface area contributed by atoms with Crippen molar-refractivity contribution in [1.82, 2.24) is 5.32 Å². The average molecular weight is 269 g/mol. The second kappa shape index (κ2) is 5.71. The van der Waals surface area contributed by atoms with Crippen molar-refractivity contribution >= 4 is 9.84 Å². The second-order valence-corrected chi connectivity index (χ2v) is 6.70. The molecule has 0 amide bonds. The maximum Gasteiger partial charge on any atom is 0.184 e. The molecule has 2 rings (SSSR count). The van der Waals surface area contributed by atoms with E-state index in [-0.39, 0.29) is 5.25 Å². The molecule has 0 aliphatic carbocycles. The SMILES string of the molecule is COc1ccccc1S(=O)(=O)C1CCCNCC1. The van der Waals surface area contributed by atoms with E-state index >= 15 is 0 Å². The third-order valence-electron chi connectivity index (χ3n) is 3.34. The van der Waals surface area contributed by atoms with Crippen molar-refractivity contribution < 1.29 is 13.2 Å². The zero-order valence-electron chi connectivity index (χ0n) is 10.6. The van der Waals surface area contributed by atoms with Crippen molar-refractivity contribution in [1.29, 1.82) is 0 Å². The van der Waals surface area contributed by atoms with Crippen LogP contribution in [0.2, 0.25) is 0 Å². The van der Waals surface area contributed by atoms with Gasteiger partial charge in [0.15, 0.2) is 9.84 Å². The summed E-state index contributed by atoms with van der Waals surface area (Å²) >= 11 is 0. The summed E-state index contributed by atoms with van der Waals surface area (Å²) in [6.07, 6.45) is 2.28. The van der Waals surface area contributed by atoms with E-state index in [4.69, 9.17) is 4.74 Å². The fourth-order valence-electron chi connectivity index (χ4n) is 2.33. The highest BCUT2D eigenvalue weighted by molar-refractivity contribution is 7.92. The molecule has 1 fully saturated rings. The molecule has 1 aliphatic rings. The number of para-hydroxylation sites is 1. The Morgan fingerprint density at radius 2 is 2.00 bits per heavy atom. The van der Waals surface area contributed by atoms with Gasteiger partial charge < -0.3 is 10.1 Å². The van der Waals surface area contributed by atoms with Crippen molar-refractivity contribution in [3.63, 3.8) is 0 Å². The molecule has 0 radical (unpaired) electrons. The minimum atomic E-state index is -3.29. The molecule has 1 heterocycles. The van der Waals surface area contributed by atoms with Crippen molar-refractivity contribution in [2.45, 2.75) is 29.4 Å². The van der Waals surface area contributed by atoms with Crippen LogP contribution in [-0.2, 0) is 9.84 Å². The van der Waals surface area contributed by atoms with Crippen LogP contribution in [0.25, 0.3) is 0 Å². The number of sulfone groups is 1. The topological polar surface area (TPSA) is 55.4 Å². The van der Waals surface area contributed by atoms with E-state index in [2.05, 4.69) is 5.32 Å². The molecule has 4 nitrogen and oxygen atoms in total. The molecule has 1 aromatic carbocycles. The summed E-state index contributed by atoms with van der Waals surface area (Å²) in [5.41, 5.74) is 0. The highest BCUT2D eigenvalue weighted by atomic mass is 32.2. The van der Waals surface area contributed by atoms with Crippen LogP contribution >= 0.6 is 0 Å². The largest absolute Gasteiger partial charge is 0.495 e. The molecular weight excluding hydrogens is 250 g/mol. The van der Waals surface area contributed by atoms with Crippen LogP contribution in [-0.4, -0.2) is 33.9 Å². The first-order valence-electron chi connectivity index (χ1n) is 6.24. The van der Waals surface area contributed by atoms with Gasteiger partial charge in [0.25, 0.3) is 0 Å². The fraction of sp³-hybridized carbons (Fsp3) is 0.538. The highest BCUT2D eigenvalue weighted by Gasteiger charge is 2.30. The molecule has 100 valence electrons. The lowest BCUT2D eigenvalue weighted by atomic mass is 10.2. The van der Waals surface area contributed by atoms with Gasteiger partial charge in [-0.1, -0.05) is 12.1 Å². The predicted octanol–water partition coefficient (Wildman–Crippen LogP) is 1.61. The van der Waals surface area contributed by atoms with Crippen LogP contribution in [0.15, 0.2) is 29.2 Å². The van der Waals surface area contributed by atoms with Crippen LogP contribution in [0.1, 0.15) is 19.3 Å². The summed E-state index contributed by atoms with van der Waals surface area (Å²) < 4.78 is 30.4. The number of rotatable bonds is 3. The molecule has 1 saturated heterocycles. The molecule has 1 atom stereocenters. The van der Waals surface area contributed by atoms with E-state index in [0.29, 0.717) is 23.5 Å². The zero-order valence-corrected chi connectivity index (χ0v) is 11.4. The number of nitrogens with one attached hydrogen (secondary N) is 1. The Hall–Kier alpha value is -1.07. The number of methoxy groups -OCH3 is 1. The Bertz CT molecular complexity index is 491. The molecule has 0 bridgehead atoms. The Kier molecular flexibility index (Phi) is 4.24. The fourth-order valence-corrected chi connectivity index (χ4v) is 4.30. The first kappa shape index (κ1) is 13.4. The Morgan fingerprint density at radius 1 is 1.22 bits per heavy atom.